The van der Waals surface area contributed by atoms with Crippen LogP contribution >= 0.6 is 0 Å². The summed E-state index contributed by atoms with van der Waals surface area (Å²) in [6.45, 7) is 5.56. The Morgan fingerprint density at radius 1 is 1.12 bits per heavy atom. The van der Waals surface area contributed by atoms with Gasteiger partial charge in [0.15, 0.2) is 12.4 Å². The summed E-state index contributed by atoms with van der Waals surface area (Å²) in [7, 11) is 3.12. The lowest BCUT2D eigenvalue weighted by Gasteiger charge is -2.20. The van der Waals surface area contributed by atoms with Gasteiger partial charge in [0, 0.05) is 14.1 Å². The van der Waals surface area contributed by atoms with Crippen LogP contribution < -0.4 is 4.74 Å². The van der Waals surface area contributed by atoms with Crippen molar-refractivity contribution in [1.29, 1.82) is 0 Å². The summed E-state index contributed by atoms with van der Waals surface area (Å²) in [6.07, 6.45) is 0. The number of para-hydroxylation sites is 1. The van der Waals surface area contributed by atoms with Crippen LogP contribution in [-0.4, -0.2) is 41.6 Å². The van der Waals surface area contributed by atoms with Crippen LogP contribution in [0.15, 0.2) is 53.1 Å². The highest BCUT2D eigenvalue weighted by Gasteiger charge is 2.44. The average Bonchev–Trinajstić information content (AvgIpc) is 3.24. The van der Waals surface area contributed by atoms with Crippen molar-refractivity contribution in [1.82, 2.24) is 15.0 Å². The van der Waals surface area contributed by atoms with Gasteiger partial charge in [0.1, 0.15) is 5.75 Å². The monoisotopic (exact) mass is 443 g/mol. The van der Waals surface area contributed by atoms with E-state index in [4.69, 9.17) is 9.26 Å². The minimum Gasteiger partial charge on any atom is -0.483 e. The summed E-state index contributed by atoms with van der Waals surface area (Å²) in [5.41, 5.74) is 1.54. The molecule has 0 aliphatic rings. The Kier molecular flexibility index (Phi) is 6.91. The quantitative estimate of drug-likeness (QED) is 0.502. The van der Waals surface area contributed by atoms with Crippen molar-refractivity contribution in [2.75, 3.05) is 20.7 Å². The Bertz CT molecular complexity index is 1080. The molecular weight excluding hydrogens is 416 g/mol. The van der Waals surface area contributed by atoms with Crippen LogP contribution in [0.25, 0.3) is 0 Å². The standard InChI is InChI=1S/C24H27F2N3O3/c1-15(2)21(17-11-7-6-10-16(17)3)22-27-23(32-28-22)24(25,26)18-12-8-9-13-19(18)31-14-20(30)29(4)5/h6-13,15,21H,14H2,1-5H3. The van der Waals surface area contributed by atoms with Crippen molar-refractivity contribution in [3.8, 4) is 5.75 Å². The second-order valence-electron chi connectivity index (χ2n) is 8.18. The van der Waals surface area contributed by atoms with E-state index in [1.54, 1.807) is 20.2 Å². The smallest absolute Gasteiger partial charge is 0.353 e. The zero-order chi connectivity index (χ0) is 23.5. The lowest BCUT2D eigenvalue weighted by Crippen LogP contribution is -2.28. The van der Waals surface area contributed by atoms with E-state index in [-0.39, 0.29) is 35.9 Å². The summed E-state index contributed by atoms with van der Waals surface area (Å²) in [6, 6.07) is 13.4. The van der Waals surface area contributed by atoms with Gasteiger partial charge < -0.3 is 14.2 Å². The van der Waals surface area contributed by atoms with Crippen LogP contribution in [0.4, 0.5) is 8.78 Å². The second-order valence-corrected chi connectivity index (χ2v) is 8.18. The van der Waals surface area contributed by atoms with Crippen molar-refractivity contribution in [3.63, 3.8) is 0 Å². The van der Waals surface area contributed by atoms with Crippen molar-refractivity contribution in [2.24, 2.45) is 5.92 Å². The Hall–Kier alpha value is -3.29. The molecule has 1 unspecified atom stereocenters. The third kappa shape index (κ3) is 4.79. The third-order valence-electron chi connectivity index (χ3n) is 5.25. The van der Waals surface area contributed by atoms with Gasteiger partial charge >= 0.3 is 11.8 Å². The maximum atomic E-state index is 15.4. The van der Waals surface area contributed by atoms with Gasteiger partial charge in [-0.25, -0.2) is 0 Å². The van der Waals surface area contributed by atoms with Crippen molar-refractivity contribution < 1.29 is 22.8 Å². The molecule has 1 aromatic heterocycles. The molecule has 0 bridgehead atoms. The molecule has 0 saturated carbocycles. The van der Waals surface area contributed by atoms with Crippen LogP contribution in [0.2, 0.25) is 0 Å². The number of aryl methyl sites for hydroxylation is 1. The predicted octanol–water partition coefficient (Wildman–Crippen LogP) is 4.77. The number of rotatable bonds is 8. The van der Waals surface area contributed by atoms with Crippen LogP contribution in [0.1, 0.15) is 48.2 Å². The molecule has 0 aliphatic heterocycles. The number of likely N-dealkylation sites (N-methyl/N-ethyl adjacent to an activating group) is 1. The SMILES string of the molecule is Cc1ccccc1C(c1noc(C(F)(F)c2ccccc2OCC(=O)N(C)C)n1)C(C)C. The highest BCUT2D eigenvalue weighted by Crippen LogP contribution is 2.41. The molecule has 32 heavy (non-hydrogen) atoms. The first-order valence-electron chi connectivity index (χ1n) is 10.3. The molecule has 170 valence electrons. The van der Waals surface area contributed by atoms with Gasteiger partial charge in [-0.15, -0.1) is 0 Å². The van der Waals surface area contributed by atoms with E-state index in [2.05, 4.69) is 10.1 Å². The number of hydrogen-bond acceptors (Lipinski definition) is 5. The maximum absolute atomic E-state index is 15.4. The topological polar surface area (TPSA) is 68.5 Å². The first kappa shape index (κ1) is 23.4. The summed E-state index contributed by atoms with van der Waals surface area (Å²) >= 11 is 0. The van der Waals surface area contributed by atoms with Gasteiger partial charge in [0.25, 0.3) is 5.91 Å². The molecule has 0 fully saturated rings. The molecule has 8 heteroatoms. The lowest BCUT2D eigenvalue weighted by molar-refractivity contribution is -0.130. The largest absolute Gasteiger partial charge is 0.483 e. The molecule has 1 atom stereocenters. The van der Waals surface area contributed by atoms with Gasteiger partial charge in [-0.2, -0.15) is 13.8 Å². The number of halogens is 2. The Morgan fingerprint density at radius 2 is 1.78 bits per heavy atom. The Morgan fingerprint density at radius 3 is 2.44 bits per heavy atom. The van der Waals surface area contributed by atoms with Crippen LogP contribution in [-0.2, 0) is 10.7 Å². The van der Waals surface area contributed by atoms with Crippen molar-refractivity contribution in [3.05, 3.63) is 76.9 Å². The molecule has 2 aromatic carbocycles. The molecule has 0 spiro atoms. The zero-order valence-electron chi connectivity index (χ0n) is 18.8. The fourth-order valence-corrected chi connectivity index (χ4v) is 3.46. The third-order valence-corrected chi connectivity index (χ3v) is 5.25. The zero-order valence-corrected chi connectivity index (χ0v) is 18.8. The fraction of sp³-hybridized carbons (Fsp3) is 0.375. The molecule has 3 aromatic rings. The minimum absolute atomic E-state index is 0.0582. The van der Waals surface area contributed by atoms with Gasteiger partial charge in [-0.3, -0.25) is 4.79 Å². The number of amides is 1. The minimum atomic E-state index is -3.60. The van der Waals surface area contributed by atoms with Gasteiger partial charge in [-0.1, -0.05) is 55.4 Å². The van der Waals surface area contributed by atoms with E-state index in [9.17, 15) is 4.79 Å². The lowest BCUT2D eigenvalue weighted by atomic mass is 9.85. The molecule has 0 aliphatic carbocycles. The number of benzene rings is 2. The van der Waals surface area contributed by atoms with E-state index < -0.39 is 17.4 Å². The number of hydrogen-bond donors (Lipinski definition) is 0. The van der Waals surface area contributed by atoms with Crippen molar-refractivity contribution >= 4 is 5.91 Å². The van der Waals surface area contributed by atoms with Crippen LogP contribution in [0.5, 0.6) is 5.75 Å². The first-order chi connectivity index (χ1) is 15.1. The number of alkyl halides is 2. The molecule has 1 heterocycles. The molecule has 0 N–H and O–H groups in total. The predicted molar refractivity (Wildman–Crippen MR) is 116 cm³/mol. The second kappa shape index (κ2) is 9.46. The van der Waals surface area contributed by atoms with Crippen LogP contribution in [0, 0.1) is 12.8 Å². The van der Waals surface area contributed by atoms with E-state index in [0.717, 1.165) is 11.1 Å². The summed E-state index contributed by atoms with van der Waals surface area (Å²) in [5, 5.41) is 3.91. The van der Waals surface area contributed by atoms with E-state index in [1.165, 1.54) is 23.1 Å². The highest BCUT2D eigenvalue weighted by atomic mass is 19.3. The Labute approximate surface area is 186 Å². The molecule has 3 rings (SSSR count). The summed E-state index contributed by atoms with van der Waals surface area (Å²) in [5.74, 6) is -4.92. The van der Waals surface area contributed by atoms with E-state index in [0.29, 0.717) is 0 Å². The fourth-order valence-electron chi connectivity index (χ4n) is 3.46. The van der Waals surface area contributed by atoms with Crippen LogP contribution in [0.3, 0.4) is 0 Å². The molecule has 1 amide bonds. The Balaban J connectivity index is 1.94. The van der Waals surface area contributed by atoms with Gasteiger partial charge in [0.2, 0.25) is 0 Å². The molecule has 0 radical (unpaired) electrons. The molecule has 0 saturated heterocycles. The number of nitrogens with zero attached hydrogens (tertiary/aromatic N) is 3. The van der Waals surface area contributed by atoms with E-state index in [1.807, 2.05) is 45.0 Å². The number of ether oxygens (including phenoxy) is 1. The molecular formula is C24H27F2N3O3. The first-order valence-corrected chi connectivity index (χ1v) is 10.3. The van der Waals surface area contributed by atoms with Gasteiger partial charge in [-0.05, 0) is 36.1 Å². The number of carbonyl (C=O) groups excluding carboxylic acids is 1. The normalized spacial score (nSPS) is 12.6. The van der Waals surface area contributed by atoms with Crippen molar-refractivity contribution in [2.45, 2.75) is 32.6 Å². The molecule has 6 nitrogen and oxygen atoms in total. The maximum Gasteiger partial charge on any atom is 0.353 e. The van der Waals surface area contributed by atoms with E-state index >= 15 is 8.78 Å². The van der Waals surface area contributed by atoms with Gasteiger partial charge in [0.05, 0.1) is 11.5 Å². The summed E-state index contributed by atoms with van der Waals surface area (Å²) in [4.78, 5) is 17.2. The number of carbonyl (C=O) groups is 1. The average molecular weight is 443 g/mol. The highest BCUT2D eigenvalue weighted by molar-refractivity contribution is 5.77. The summed E-state index contributed by atoms with van der Waals surface area (Å²) < 4.78 is 41.3. The number of aromatic nitrogens is 2.